The number of fused-ring (bicyclic) bond motifs is 1. The summed E-state index contributed by atoms with van der Waals surface area (Å²) in [6.45, 7) is 0. The van der Waals surface area contributed by atoms with Gasteiger partial charge in [0.05, 0.1) is 4.34 Å². The number of benzene rings is 2. The first-order chi connectivity index (χ1) is 16.1. The van der Waals surface area contributed by atoms with Gasteiger partial charge in [0.1, 0.15) is 0 Å². The lowest BCUT2D eigenvalue weighted by Gasteiger charge is -2.45. The van der Waals surface area contributed by atoms with Crippen LogP contribution in [0.1, 0.15) is 47.6 Å². The molecule has 3 aromatic rings. The van der Waals surface area contributed by atoms with E-state index in [-0.39, 0.29) is 23.8 Å². The number of hydrogen-bond donors (Lipinski definition) is 1. The first kappa shape index (κ1) is 22.7. The van der Waals surface area contributed by atoms with Gasteiger partial charge in [-0.2, -0.15) is 0 Å². The highest BCUT2D eigenvalue weighted by Crippen LogP contribution is 2.48. The van der Waals surface area contributed by atoms with Crippen LogP contribution < -0.4 is 5.32 Å². The Morgan fingerprint density at radius 3 is 2.48 bits per heavy atom. The number of amides is 1. The Hall–Kier alpha value is -2.07. The van der Waals surface area contributed by atoms with Gasteiger partial charge in [-0.05, 0) is 72.4 Å². The Morgan fingerprint density at radius 1 is 0.970 bits per heavy atom. The van der Waals surface area contributed by atoms with Crippen molar-refractivity contribution in [3.8, 4) is 0 Å². The number of halogens is 2. The van der Waals surface area contributed by atoms with E-state index in [1.54, 1.807) is 11.3 Å². The molecular weight excluding hydrogens is 469 g/mol. The van der Waals surface area contributed by atoms with Crippen LogP contribution in [0, 0.1) is 17.8 Å². The monoisotopic (exact) mass is 495 g/mol. The van der Waals surface area contributed by atoms with Gasteiger partial charge < -0.3 is 5.32 Å². The minimum absolute atomic E-state index is 0.178. The molecule has 5 heteroatoms. The zero-order chi connectivity index (χ0) is 22.8. The van der Waals surface area contributed by atoms with Gasteiger partial charge >= 0.3 is 0 Å². The lowest BCUT2D eigenvalue weighted by molar-refractivity contribution is -0.126. The van der Waals surface area contributed by atoms with Crippen molar-refractivity contribution in [2.24, 2.45) is 17.8 Å². The average Bonchev–Trinajstić information content (AvgIpc) is 3.25. The van der Waals surface area contributed by atoms with Crippen molar-refractivity contribution < 1.29 is 4.79 Å². The van der Waals surface area contributed by atoms with E-state index < -0.39 is 0 Å². The van der Waals surface area contributed by atoms with Gasteiger partial charge in [-0.1, -0.05) is 77.8 Å². The van der Waals surface area contributed by atoms with Crippen molar-refractivity contribution >= 4 is 46.5 Å². The summed E-state index contributed by atoms with van der Waals surface area (Å²) in [5, 5.41) is 4.04. The average molecular weight is 497 g/mol. The molecule has 1 N–H and O–H groups in total. The minimum atomic E-state index is 0.178. The second-order valence-corrected chi connectivity index (χ2v) is 11.4. The van der Waals surface area contributed by atoms with Gasteiger partial charge in [0.2, 0.25) is 5.91 Å². The maximum absolute atomic E-state index is 12.5. The molecular formula is C28H27Cl2NOS. The lowest BCUT2D eigenvalue weighted by Crippen LogP contribution is -2.51. The van der Waals surface area contributed by atoms with Gasteiger partial charge in [0, 0.05) is 28.3 Å². The number of hydrogen-bond acceptors (Lipinski definition) is 2. The van der Waals surface area contributed by atoms with Gasteiger partial charge in [0.15, 0.2) is 0 Å². The van der Waals surface area contributed by atoms with Crippen LogP contribution in [0.2, 0.25) is 9.36 Å². The fraction of sp³-hybridized carbons (Fsp3) is 0.321. The summed E-state index contributed by atoms with van der Waals surface area (Å²) in [6.07, 6.45) is 8.19. The number of carbonyl (C=O) groups excluding carboxylic acids is 1. The van der Waals surface area contributed by atoms with Crippen LogP contribution in [-0.4, -0.2) is 11.9 Å². The van der Waals surface area contributed by atoms with Crippen LogP contribution in [0.15, 0.2) is 72.8 Å². The highest BCUT2D eigenvalue weighted by molar-refractivity contribution is 7.16. The first-order valence-corrected chi connectivity index (χ1v) is 13.2. The highest BCUT2D eigenvalue weighted by Gasteiger charge is 2.42. The summed E-state index contributed by atoms with van der Waals surface area (Å²) >= 11 is 14.2. The normalized spacial score (nSPS) is 26.1. The van der Waals surface area contributed by atoms with E-state index in [1.165, 1.54) is 16.0 Å². The Morgan fingerprint density at radius 2 is 1.76 bits per heavy atom. The van der Waals surface area contributed by atoms with Crippen LogP contribution in [-0.2, 0) is 4.79 Å². The molecule has 1 aliphatic heterocycles. The van der Waals surface area contributed by atoms with E-state index in [0.29, 0.717) is 18.3 Å². The zero-order valence-corrected chi connectivity index (χ0v) is 20.6. The standard InChI is InChI=1S/C28H27Cl2NOS/c29-22-11-8-19(9-12-22)28(25-14-15-26(30)33-25)21-10-13-24-23(16-21)20(17-27(32)31-24)7-6-18-4-2-1-3-5-18/h1-9,11-12,14-15,20-21,23-24,28H,10,13,16-17H2,(H,31,32)/b7-6+. The predicted octanol–water partition coefficient (Wildman–Crippen LogP) is 7.82. The minimum Gasteiger partial charge on any atom is -0.353 e. The summed E-state index contributed by atoms with van der Waals surface area (Å²) < 4.78 is 0.825. The molecule has 0 spiro atoms. The molecule has 5 unspecified atom stereocenters. The van der Waals surface area contributed by atoms with E-state index in [4.69, 9.17) is 23.2 Å². The fourth-order valence-corrected chi connectivity index (χ4v) is 7.08. The van der Waals surface area contributed by atoms with Crippen molar-refractivity contribution in [2.45, 2.75) is 37.6 Å². The molecule has 5 rings (SSSR count). The maximum atomic E-state index is 12.5. The third-order valence-electron chi connectivity index (χ3n) is 7.19. The van der Waals surface area contributed by atoms with Gasteiger partial charge in [0.25, 0.3) is 0 Å². The van der Waals surface area contributed by atoms with Crippen molar-refractivity contribution in [1.29, 1.82) is 0 Å². The Bertz CT molecular complexity index is 1120. The molecule has 0 radical (unpaired) electrons. The summed E-state index contributed by atoms with van der Waals surface area (Å²) in [5.74, 6) is 1.65. The van der Waals surface area contributed by atoms with E-state index in [1.807, 2.05) is 24.3 Å². The molecule has 1 aliphatic carbocycles. The van der Waals surface area contributed by atoms with Crippen molar-refractivity contribution in [3.63, 3.8) is 0 Å². The summed E-state index contributed by atoms with van der Waals surface area (Å²) in [4.78, 5) is 13.8. The summed E-state index contributed by atoms with van der Waals surface area (Å²) in [5.41, 5.74) is 2.47. The van der Waals surface area contributed by atoms with E-state index in [2.05, 4.69) is 59.9 Å². The largest absolute Gasteiger partial charge is 0.353 e. The van der Waals surface area contributed by atoms with E-state index in [0.717, 1.165) is 28.6 Å². The molecule has 2 aliphatic rings. The van der Waals surface area contributed by atoms with E-state index in [9.17, 15) is 4.79 Å². The second-order valence-electron chi connectivity index (χ2n) is 9.22. The molecule has 1 saturated heterocycles. The maximum Gasteiger partial charge on any atom is 0.220 e. The van der Waals surface area contributed by atoms with Crippen LogP contribution in [0.3, 0.4) is 0 Å². The van der Waals surface area contributed by atoms with Crippen LogP contribution in [0.5, 0.6) is 0 Å². The zero-order valence-electron chi connectivity index (χ0n) is 18.3. The fourth-order valence-electron chi connectivity index (χ4n) is 5.67. The molecule has 1 saturated carbocycles. The Labute approximate surface area is 209 Å². The van der Waals surface area contributed by atoms with Gasteiger partial charge in [-0.15, -0.1) is 11.3 Å². The SMILES string of the molecule is O=C1CC(/C=C/c2ccccc2)C2CC(C(c3ccc(Cl)cc3)c3ccc(Cl)s3)CCC2N1. The number of carbonyl (C=O) groups is 1. The molecule has 2 heterocycles. The molecule has 1 aromatic heterocycles. The summed E-state index contributed by atoms with van der Waals surface area (Å²) in [7, 11) is 0. The molecule has 5 atom stereocenters. The third-order valence-corrected chi connectivity index (χ3v) is 8.76. The van der Waals surface area contributed by atoms with E-state index >= 15 is 0 Å². The molecule has 2 aromatic carbocycles. The van der Waals surface area contributed by atoms with Crippen molar-refractivity contribution in [2.75, 3.05) is 0 Å². The number of allylic oxidation sites excluding steroid dienone is 1. The number of thiophene rings is 1. The smallest absolute Gasteiger partial charge is 0.220 e. The molecule has 2 fully saturated rings. The molecule has 33 heavy (non-hydrogen) atoms. The Kier molecular flexibility index (Phi) is 6.91. The number of piperidine rings is 1. The molecule has 2 nitrogen and oxygen atoms in total. The first-order valence-electron chi connectivity index (χ1n) is 11.6. The second kappa shape index (κ2) is 10.0. The van der Waals surface area contributed by atoms with Crippen molar-refractivity contribution in [3.05, 3.63) is 98.2 Å². The molecule has 170 valence electrons. The molecule has 0 bridgehead atoms. The molecule has 1 amide bonds. The topological polar surface area (TPSA) is 29.1 Å². The quantitative estimate of drug-likeness (QED) is 0.383. The predicted molar refractivity (Wildman–Crippen MR) is 139 cm³/mol. The summed E-state index contributed by atoms with van der Waals surface area (Å²) in [6, 6.07) is 23.1. The van der Waals surface area contributed by atoms with Crippen LogP contribution >= 0.6 is 34.5 Å². The number of nitrogens with one attached hydrogen (secondary N) is 1. The van der Waals surface area contributed by atoms with Crippen LogP contribution in [0.4, 0.5) is 0 Å². The third kappa shape index (κ3) is 5.21. The Balaban J connectivity index is 1.43. The van der Waals surface area contributed by atoms with Gasteiger partial charge in [-0.25, -0.2) is 0 Å². The van der Waals surface area contributed by atoms with Crippen molar-refractivity contribution in [1.82, 2.24) is 5.32 Å². The van der Waals surface area contributed by atoms with Crippen LogP contribution in [0.25, 0.3) is 6.08 Å². The highest BCUT2D eigenvalue weighted by atomic mass is 35.5. The number of rotatable bonds is 5. The van der Waals surface area contributed by atoms with Gasteiger partial charge in [-0.3, -0.25) is 4.79 Å². The lowest BCUT2D eigenvalue weighted by atomic mass is 9.65.